The minimum absolute atomic E-state index is 0.286. The van der Waals surface area contributed by atoms with Crippen LogP contribution in [-0.2, 0) is 6.18 Å². The van der Waals surface area contributed by atoms with Crippen LogP contribution in [-0.4, -0.2) is 10.2 Å². The fourth-order valence-corrected chi connectivity index (χ4v) is 1.98. The third kappa shape index (κ3) is 3.86. The van der Waals surface area contributed by atoms with Crippen LogP contribution in [0.3, 0.4) is 0 Å². The molecule has 2 aromatic carbocycles. The Morgan fingerprint density at radius 3 is 2.22 bits per heavy atom. The number of aromatic hydroxyl groups is 1. The van der Waals surface area contributed by atoms with Crippen molar-refractivity contribution < 1.29 is 27.1 Å². The van der Waals surface area contributed by atoms with E-state index in [9.17, 15) is 27.1 Å². The minimum Gasteiger partial charge on any atom is -0.503 e. The SMILES string of the molecule is Oc1c(NC(=S)Nc2ccccc2C(F)(F)F)ccc(F)c1F. The minimum atomic E-state index is -4.59. The molecule has 3 nitrogen and oxygen atoms in total. The Bertz CT molecular complexity index is 748. The largest absolute Gasteiger partial charge is 0.503 e. The average Bonchev–Trinajstić information content (AvgIpc) is 2.47. The van der Waals surface area contributed by atoms with Crippen LogP contribution in [0.5, 0.6) is 5.75 Å². The van der Waals surface area contributed by atoms with Crippen LogP contribution in [0.2, 0.25) is 0 Å². The van der Waals surface area contributed by atoms with Gasteiger partial charge < -0.3 is 15.7 Å². The number of thiocarbonyl (C=S) groups is 1. The van der Waals surface area contributed by atoms with E-state index in [-0.39, 0.29) is 16.5 Å². The van der Waals surface area contributed by atoms with Gasteiger partial charge in [-0.1, -0.05) is 12.1 Å². The number of para-hydroxylation sites is 1. The molecule has 0 atom stereocenters. The van der Waals surface area contributed by atoms with Crippen molar-refractivity contribution in [3.63, 3.8) is 0 Å². The molecule has 0 radical (unpaired) electrons. The van der Waals surface area contributed by atoms with Gasteiger partial charge in [-0.2, -0.15) is 17.6 Å². The molecule has 2 rings (SSSR count). The van der Waals surface area contributed by atoms with E-state index in [0.717, 1.165) is 24.3 Å². The number of benzene rings is 2. The van der Waals surface area contributed by atoms with Crippen LogP contribution in [0.1, 0.15) is 5.56 Å². The number of hydrogen-bond donors (Lipinski definition) is 3. The van der Waals surface area contributed by atoms with Crippen molar-refractivity contribution >= 4 is 28.7 Å². The molecule has 0 saturated carbocycles. The highest BCUT2D eigenvalue weighted by atomic mass is 32.1. The van der Waals surface area contributed by atoms with E-state index in [1.807, 2.05) is 0 Å². The first-order valence-corrected chi connectivity index (χ1v) is 6.52. The molecule has 9 heteroatoms. The summed E-state index contributed by atoms with van der Waals surface area (Å²) in [5.41, 5.74) is -1.55. The summed E-state index contributed by atoms with van der Waals surface area (Å²) >= 11 is 4.82. The van der Waals surface area contributed by atoms with Crippen LogP contribution >= 0.6 is 12.2 Å². The van der Waals surface area contributed by atoms with Gasteiger partial charge in [-0.15, -0.1) is 0 Å². The molecule has 0 aliphatic rings. The highest BCUT2D eigenvalue weighted by molar-refractivity contribution is 7.80. The van der Waals surface area contributed by atoms with Gasteiger partial charge in [0.25, 0.3) is 0 Å². The Labute approximate surface area is 132 Å². The molecule has 122 valence electrons. The molecule has 0 bridgehead atoms. The second-order valence-corrected chi connectivity index (χ2v) is 4.79. The maximum absolute atomic E-state index is 13.2. The molecule has 3 N–H and O–H groups in total. The zero-order valence-corrected chi connectivity index (χ0v) is 12.0. The molecule has 0 unspecified atom stereocenters. The first kappa shape index (κ1) is 16.9. The molecule has 0 aromatic heterocycles. The number of alkyl halides is 3. The topological polar surface area (TPSA) is 44.3 Å². The lowest BCUT2D eigenvalue weighted by Crippen LogP contribution is -2.21. The highest BCUT2D eigenvalue weighted by Crippen LogP contribution is 2.35. The van der Waals surface area contributed by atoms with Crippen molar-refractivity contribution in [1.82, 2.24) is 0 Å². The summed E-state index contributed by atoms with van der Waals surface area (Å²) in [5, 5.41) is 13.7. The van der Waals surface area contributed by atoms with Crippen LogP contribution in [0.4, 0.5) is 33.3 Å². The zero-order valence-electron chi connectivity index (χ0n) is 11.2. The van der Waals surface area contributed by atoms with Crippen molar-refractivity contribution in [1.29, 1.82) is 0 Å². The van der Waals surface area contributed by atoms with E-state index in [0.29, 0.717) is 0 Å². The summed E-state index contributed by atoms with van der Waals surface area (Å²) in [6.45, 7) is 0. The van der Waals surface area contributed by atoms with E-state index in [1.54, 1.807) is 0 Å². The van der Waals surface area contributed by atoms with Gasteiger partial charge in [0.1, 0.15) is 0 Å². The summed E-state index contributed by atoms with van der Waals surface area (Å²) in [7, 11) is 0. The molecule has 0 heterocycles. The summed E-state index contributed by atoms with van der Waals surface area (Å²) in [4.78, 5) is 0. The van der Waals surface area contributed by atoms with Crippen LogP contribution < -0.4 is 10.6 Å². The number of rotatable bonds is 2. The molecular formula is C14H9F5N2OS. The van der Waals surface area contributed by atoms with Crippen LogP contribution in [0, 0.1) is 11.6 Å². The van der Waals surface area contributed by atoms with Crippen molar-refractivity contribution in [2.24, 2.45) is 0 Å². The maximum Gasteiger partial charge on any atom is 0.418 e. The zero-order chi connectivity index (χ0) is 17.2. The molecule has 2 aromatic rings. The van der Waals surface area contributed by atoms with Gasteiger partial charge in [0, 0.05) is 0 Å². The molecule has 23 heavy (non-hydrogen) atoms. The van der Waals surface area contributed by atoms with Crippen molar-refractivity contribution in [2.75, 3.05) is 10.6 Å². The van der Waals surface area contributed by atoms with Crippen LogP contribution in [0.15, 0.2) is 36.4 Å². The Morgan fingerprint density at radius 2 is 1.57 bits per heavy atom. The molecule has 0 fully saturated rings. The molecular weight excluding hydrogens is 339 g/mol. The Morgan fingerprint density at radius 1 is 0.957 bits per heavy atom. The Hall–Kier alpha value is -2.42. The lowest BCUT2D eigenvalue weighted by atomic mass is 10.1. The van der Waals surface area contributed by atoms with Crippen molar-refractivity contribution in [2.45, 2.75) is 6.18 Å². The predicted octanol–water partition coefficient (Wildman–Crippen LogP) is 4.50. The summed E-state index contributed by atoms with van der Waals surface area (Å²) in [6.07, 6.45) is -4.59. The number of nitrogens with one attached hydrogen (secondary N) is 2. The van der Waals surface area contributed by atoms with Gasteiger partial charge in [0.05, 0.1) is 16.9 Å². The second-order valence-electron chi connectivity index (χ2n) is 4.38. The van der Waals surface area contributed by atoms with E-state index >= 15 is 0 Å². The molecule has 0 amide bonds. The first-order valence-electron chi connectivity index (χ1n) is 6.11. The van der Waals surface area contributed by atoms with Crippen molar-refractivity contribution in [3.8, 4) is 5.75 Å². The van der Waals surface area contributed by atoms with E-state index in [2.05, 4.69) is 10.6 Å². The standard InChI is InChI=1S/C14H9F5N2OS/c15-8-5-6-10(12(22)11(8)16)21-13(23)20-9-4-2-1-3-7(9)14(17,18)19/h1-6,22H,(H2,20,21,23). The van der Waals surface area contributed by atoms with Crippen LogP contribution in [0.25, 0.3) is 0 Å². The van der Waals surface area contributed by atoms with Gasteiger partial charge >= 0.3 is 6.18 Å². The van der Waals surface area contributed by atoms with Gasteiger partial charge in [-0.25, -0.2) is 4.39 Å². The highest BCUT2D eigenvalue weighted by Gasteiger charge is 2.33. The molecule has 0 saturated heterocycles. The summed E-state index contributed by atoms with van der Waals surface area (Å²) < 4.78 is 64.7. The number of anilines is 2. The number of halogens is 5. The molecule has 0 aliphatic heterocycles. The van der Waals surface area contributed by atoms with Gasteiger partial charge in [-0.3, -0.25) is 0 Å². The normalized spacial score (nSPS) is 11.2. The number of phenols is 1. The lowest BCUT2D eigenvalue weighted by molar-refractivity contribution is -0.136. The first-order chi connectivity index (χ1) is 10.7. The lowest BCUT2D eigenvalue weighted by Gasteiger charge is -2.16. The molecule has 0 aliphatic carbocycles. The maximum atomic E-state index is 13.2. The third-order valence-corrected chi connectivity index (χ3v) is 3.00. The second kappa shape index (κ2) is 6.37. The predicted molar refractivity (Wildman–Crippen MR) is 79.3 cm³/mol. The Balaban J connectivity index is 2.20. The van der Waals surface area contributed by atoms with Gasteiger partial charge in [0.15, 0.2) is 16.7 Å². The quantitative estimate of drug-likeness (QED) is 0.425. The van der Waals surface area contributed by atoms with E-state index in [1.165, 1.54) is 12.1 Å². The number of phenolic OH excluding ortho intramolecular Hbond substituents is 1. The van der Waals surface area contributed by atoms with Gasteiger partial charge in [0.2, 0.25) is 5.82 Å². The van der Waals surface area contributed by atoms with E-state index in [4.69, 9.17) is 12.2 Å². The van der Waals surface area contributed by atoms with E-state index < -0.39 is 29.1 Å². The monoisotopic (exact) mass is 348 g/mol. The molecule has 0 spiro atoms. The number of hydrogen-bond acceptors (Lipinski definition) is 2. The fraction of sp³-hybridized carbons (Fsp3) is 0.0714. The smallest absolute Gasteiger partial charge is 0.418 e. The average molecular weight is 348 g/mol. The Kier molecular flexibility index (Phi) is 4.69. The summed E-state index contributed by atoms with van der Waals surface area (Å²) in [6, 6.07) is 6.34. The third-order valence-electron chi connectivity index (χ3n) is 2.80. The van der Waals surface area contributed by atoms with Gasteiger partial charge in [-0.05, 0) is 36.5 Å². The van der Waals surface area contributed by atoms with Crippen molar-refractivity contribution in [3.05, 3.63) is 53.6 Å². The summed E-state index contributed by atoms with van der Waals surface area (Å²) in [5.74, 6) is -3.79. The fourth-order valence-electron chi connectivity index (χ4n) is 1.76.